The Labute approximate surface area is 532 Å². The Bertz CT molecular complexity index is 3760. The molecule has 8 aromatic rings. The standard InChI is InChI=1S/2C14H7ClF3NO5.2C12H9ClN2O3.2C3H4O/c2*15-10-5-7(14(16,17)18)1-4-12(10)24-8-2-3-11(19(22)23)9(6-8)13(20)21;2*13-11-10(18-8-4-2-1-3-5-8)7-6-9(12(11)14)15(16)17;2*1-2-3-4/h2*1-6H,(H,20,21);2*1-7H,14H2;2*2-3H,1H2. The molecule has 0 aromatic heterocycles. The van der Waals surface area contributed by atoms with Gasteiger partial charge < -0.3 is 40.6 Å². The summed E-state index contributed by atoms with van der Waals surface area (Å²) in [6, 6.07) is 33.8. The highest BCUT2D eigenvalue weighted by Gasteiger charge is 2.33. The summed E-state index contributed by atoms with van der Waals surface area (Å²) in [5.74, 6) is -1.95. The Kier molecular flexibility index (Phi) is 28.5. The lowest BCUT2D eigenvalue weighted by Crippen LogP contribution is -2.05. The van der Waals surface area contributed by atoms with Crippen LogP contribution >= 0.6 is 46.4 Å². The molecule has 0 fully saturated rings. The first-order chi connectivity index (χ1) is 43.2. The van der Waals surface area contributed by atoms with Gasteiger partial charge in [-0.25, -0.2) is 9.59 Å². The van der Waals surface area contributed by atoms with Crippen LogP contribution in [0.3, 0.4) is 0 Å². The molecule has 92 heavy (non-hydrogen) atoms. The summed E-state index contributed by atoms with van der Waals surface area (Å²) >= 11 is 23.3. The number of hydrogen-bond donors (Lipinski definition) is 4. The van der Waals surface area contributed by atoms with Gasteiger partial charge in [0.1, 0.15) is 91.1 Å². The minimum absolute atomic E-state index is 0.0352. The zero-order valence-electron chi connectivity index (χ0n) is 45.9. The molecular formula is C58H40Cl4F6N6O18. The minimum Gasteiger partial charge on any atom is -0.477 e. The number of carbonyl (C=O) groups is 4. The molecule has 24 nitrogen and oxygen atoms in total. The van der Waals surface area contributed by atoms with Gasteiger partial charge in [-0.1, -0.05) is 96.0 Å². The number of aromatic carboxylic acids is 2. The number of nitrogens with zero attached hydrogens (tertiary/aromatic N) is 4. The lowest BCUT2D eigenvalue weighted by atomic mass is 10.1. The monoisotopic (exact) mass is 1360 g/mol. The highest BCUT2D eigenvalue weighted by atomic mass is 35.5. The van der Waals surface area contributed by atoms with Crippen molar-refractivity contribution in [2.45, 2.75) is 12.4 Å². The maximum absolute atomic E-state index is 12.6. The molecule has 8 aromatic carbocycles. The van der Waals surface area contributed by atoms with Crippen molar-refractivity contribution in [3.63, 3.8) is 0 Å². The van der Waals surface area contributed by atoms with Crippen molar-refractivity contribution in [2.24, 2.45) is 0 Å². The van der Waals surface area contributed by atoms with Gasteiger partial charge in [0.05, 0.1) is 40.9 Å². The third-order valence-corrected chi connectivity index (χ3v) is 11.9. The van der Waals surface area contributed by atoms with E-state index in [0.717, 1.165) is 60.7 Å². The van der Waals surface area contributed by atoms with Gasteiger partial charge in [0, 0.05) is 36.4 Å². The van der Waals surface area contributed by atoms with E-state index >= 15 is 0 Å². The smallest absolute Gasteiger partial charge is 0.416 e. The number of rotatable bonds is 16. The van der Waals surface area contributed by atoms with Crippen LogP contribution in [0, 0.1) is 40.5 Å². The minimum atomic E-state index is -4.58. The molecule has 0 unspecified atom stereocenters. The number of allylic oxidation sites excluding steroid dienone is 2. The molecule has 0 bridgehead atoms. The van der Waals surface area contributed by atoms with E-state index in [-0.39, 0.29) is 77.3 Å². The molecular weight excluding hydrogens is 1320 g/mol. The molecule has 0 aliphatic rings. The van der Waals surface area contributed by atoms with Gasteiger partial charge in [-0.2, -0.15) is 26.3 Å². The van der Waals surface area contributed by atoms with Crippen molar-refractivity contribution in [3.05, 3.63) is 266 Å². The SMILES string of the molecule is C=CC=O.C=CC=O.Nc1c([N+](=O)[O-])ccc(Oc2ccccc2)c1Cl.Nc1c([N+](=O)[O-])ccc(Oc2ccccc2)c1Cl.O=C(O)c1cc(Oc2ccc(C(F)(F)F)cc2Cl)ccc1[N+](=O)[O-].O=C(O)c1cc(Oc2ccc(C(F)(F)F)cc2Cl)ccc1[N+](=O)[O-]. The fourth-order valence-electron chi connectivity index (χ4n) is 6.42. The highest BCUT2D eigenvalue weighted by Crippen LogP contribution is 2.42. The predicted molar refractivity (Wildman–Crippen MR) is 324 cm³/mol. The Morgan fingerprint density at radius 2 is 0.707 bits per heavy atom. The number of alkyl halides is 6. The number of halogens is 10. The maximum Gasteiger partial charge on any atom is 0.416 e. The number of anilines is 2. The third-order valence-electron chi connectivity index (χ3n) is 10.5. The fraction of sp³-hybridized carbons (Fsp3) is 0.0345. The average Bonchev–Trinajstić information content (AvgIpc) is 0.963. The second-order valence-corrected chi connectivity index (χ2v) is 18.3. The number of nitro benzene ring substituents is 4. The lowest BCUT2D eigenvalue weighted by Gasteiger charge is -2.11. The van der Waals surface area contributed by atoms with Crippen LogP contribution in [0.4, 0.5) is 60.5 Å². The maximum atomic E-state index is 12.6. The van der Waals surface area contributed by atoms with E-state index in [1.807, 2.05) is 12.1 Å². The van der Waals surface area contributed by atoms with Gasteiger partial charge in [-0.05, 0) is 97.1 Å². The first-order valence-electron chi connectivity index (χ1n) is 24.4. The van der Waals surface area contributed by atoms with Crippen molar-refractivity contribution in [2.75, 3.05) is 11.5 Å². The molecule has 0 atom stereocenters. The van der Waals surface area contributed by atoms with E-state index in [2.05, 4.69) is 13.2 Å². The van der Waals surface area contributed by atoms with E-state index < -0.39 is 77.6 Å². The topological polar surface area (TPSA) is 370 Å². The van der Waals surface area contributed by atoms with Crippen LogP contribution in [-0.2, 0) is 21.9 Å². The molecule has 34 heteroatoms. The quantitative estimate of drug-likeness (QED) is 0.0174. The van der Waals surface area contributed by atoms with E-state index in [4.69, 9.17) is 96.6 Å². The van der Waals surface area contributed by atoms with E-state index in [1.165, 1.54) is 36.4 Å². The summed E-state index contributed by atoms with van der Waals surface area (Å²) in [4.78, 5) is 80.1. The number of nitrogens with two attached hydrogens (primary N) is 2. The molecule has 0 spiro atoms. The fourth-order valence-corrected chi connectivity index (χ4v) is 7.26. The average molecular weight is 1360 g/mol. The van der Waals surface area contributed by atoms with Crippen LogP contribution < -0.4 is 30.4 Å². The summed E-state index contributed by atoms with van der Waals surface area (Å²) in [7, 11) is 0. The number of aldehydes is 2. The number of carboxylic acid groups (broad SMARTS) is 2. The zero-order valence-corrected chi connectivity index (χ0v) is 48.9. The van der Waals surface area contributed by atoms with Crippen molar-refractivity contribution < 1.29 is 94.4 Å². The summed E-state index contributed by atoms with van der Waals surface area (Å²) in [6.45, 7) is 6.22. The summed E-state index contributed by atoms with van der Waals surface area (Å²) in [6.07, 6.45) is -5.49. The van der Waals surface area contributed by atoms with Gasteiger partial charge in [0.15, 0.2) is 0 Å². The molecule has 6 N–H and O–H groups in total. The van der Waals surface area contributed by atoms with Crippen LogP contribution in [0.25, 0.3) is 0 Å². The molecule has 0 saturated carbocycles. The zero-order chi connectivity index (χ0) is 69.2. The number of hydrogen-bond acceptors (Lipinski definition) is 18. The van der Waals surface area contributed by atoms with Crippen molar-refractivity contribution >= 4 is 105 Å². The Morgan fingerprint density at radius 3 is 0.957 bits per heavy atom. The number of nitrogen functional groups attached to an aromatic ring is 2. The van der Waals surface area contributed by atoms with Crippen LogP contribution in [-0.4, -0.2) is 54.4 Å². The van der Waals surface area contributed by atoms with Crippen LogP contribution in [0.15, 0.2) is 183 Å². The molecule has 0 aliphatic carbocycles. The Balaban J connectivity index is 0.000000309. The number of carbonyl (C=O) groups excluding carboxylic acids is 2. The Morgan fingerprint density at radius 1 is 0.435 bits per heavy atom. The van der Waals surface area contributed by atoms with E-state index in [1.54, 1.807) is 48.5 Å². The van der Waals surface area contributed by atoms with Gasteiger partial charge in [0.2, 0.25) is 0 Å². The molecule has 8 rings (SSSR count). The molecule has 0 aliphatic heterocycles. The number of para-hydroxylation sites is 2. The summed E-state index contributed by atoms with van der Waals surface area (Å²) < 4.78 is 96.8. The Hall–Kier alpha value is -11.3. The molecule has 0 amide bonds. The van der Waals surface area contributed by atoms with Crippen molar-refractivity contribution in [1.82, 2.24) is 0 Å². The van der Waals surface area contributed by atoms with Crippen molar-refractivity contribution in [3.8, 4) is 46.0 Å². The number of nitro groups is 4. The second-order valence-electron chi connectivity index (χ2n) is 16.7. The lowest BCUT2D eigenvalue weighted by molar-refractivity contribution is -0.385. The van der Waals surface area contributed by atoms with Gasteiger partial charge in [-0.3, -0.25) is 50.0 Å². The first kappa shape index (κ1) is 74.9. The summed E-state index contributed by atoms with van der Waals surface area (Å²) in [5.41, 5.74) is 6.00. The van der Waals surface area contributed by atoms with Crippen LogP contribution in [0.1, 0.15) is 31.8 Å². The number of carboxylic acids is 2. The van der Waals surface area contributed by atoms with Gasteiger partial charge in [0.25, 0.3) is 22.7 Å². The largest absolute Gasteiger partial charge is 0.477 e. The van der Waals surface area contributed by atoms with Crippen molar-refractivity contribution in [1.29, 1.82) is 0 Å². The van der Waals surface area contributed by atoms with Gasteiger partial charge in [-0.15, -0.1) is 0 Å². The first-order valence-corrected chi connectivity index (χ1v) is 25.9. The number of ether oxygens (including phenoxy) is 4. The molecule has 0 saturated heterocycles. The van der Waals surface area contributed by atoms with Crippen LogP contribution in [0.2, 0.25) is 20.1 Å². The normalized spacial score (nSPS) is 10.2. The summed E-state index contributed by atoms with van der Waals surface area (Å²) in [5, 5.41) is 60.2. The van der Waals surface area contributed by atoms with E-state index in [9.17, 15) is 76.4 Å². The van der Waals surface area contributed by atoms with E-state index in [0.29, 0.717) is 36.2 Å². The highest BCUT2D eigenvalue weighted by molar-refractivity contribution is 6.35. The number of benzene rings is 8. The van der Waals surface area contributed by atoms with Gasteiger partial charge >= 0.3 is 24.3 Å². The molecule has 0 radical (unpaired) electrons. The third kappa shape index (κ3) is 22.7. The van der Waals surface area contributed by atoms with Crippen LogP contribution in [0.5, 0.6) is 46.0 Å². The second kappa shape index (κ2) is 35.0. The molecule has 480 valence electrons. The predicted octanol–water partition coefficient (Wildman–Crippen LogP) is 17.5. The molecule has 0 heterocycles.